The Labute approximate surface area is 160 Å². The third kappa shape index (κ3) is 7.31. The number of carboxylic acids is 1. The number of carboxylic acid groups (broad SMARTS) is 1. The molecule has 0 amide bonds. The molecule has 0 radical (unpaired) electrons. The smallest absolute Gasteiger partial charge is 0.339 e. The van der Waals surface area contributed by atoms with E-state index in [0.29, 0.717) is 13.2 Å². The van der Waals surface area contributed by atoms with Crippen LogP contribution in [0.5, 0.6) is 0 Å². The Bertz CT molecular complexity index is 594. The van der Waals surface area contributed by atoms with Gasteiger partial charge in [0.05, 0.1) is 17.7 Å². The van der Waals surface area contributed by atoms with E-state index >= 15 is 0 Å². The molecule has 150 valence electrons. The average Bonchev–Trinajstić information content (AvgIpc) is 2.70. The Morgan fingerprint density at radius 2 is 2.00 bits per heavy atom. The molecule has 0 aromatic heterocycles. The van der Waals surface area contributed by atoms with Crippen LogP contribution in [-0.2, 0) is 14.2 Å². The van der Waals surface area contributed by atoms with Crippen LogP contribution in [0.1, 0.15) is 72.6 Å². The molecule has 0 spiro atoms. The molecule has 1 heterocycles. The van der Waals surface area contributed by atoms with Gasteiger partial charge in [0, 0.05) is 13.2 Å². The van der Waals surface area contributed by atoms with E-state index < -0.39 is 11.9 Å². The minimum Gasteiger partial charge on any atom is -0.478 e. The van der Waals surface area contributed by atoms with Crippen LogP contribution in [-0.4, -0.2) is 43.2 Å². The van der Waals surface area contributed by atoms with Crippen LogP contribution in [0.25, 0.3) is 0 Å². The van der Waals surface area contributed by atoms with Crippen LogP contribution in [0.3, 0.4) is 0 Å². The summed E-state index contributed by atoms with van der Waals surface area (Å²) >= 11 is 0. The lowest BCUT2D eigenvalue weighted by Gasteiger charge is -2.22. The number of hydrogen-bond donors (Lipinski definition) is 1. The van der Waals surface area contributed by atoms with Crippen LogP contribution in [0, 0.1) is 5.92 Å². The second kappa shape index (κ2) is 11.7. The Hall–Kier alpha value is -1.92. The molecule has 6 heteroatoms. The summed E-state index contributed by atoms with van der Waals surface area (Å²) in [6, 6.07) is 6.12. The number of carbonyl (C=O) groups excluding carboxylic acids is 1. The maximum absolute atomic E-state index is 12.2. The van der Waals surface area contributed by atoms with Crippen LogP contribution in [0.2, 0.25) is 0 Å². The molecule has 1 aliphatic rings. The van der Waals surface area contributed by atoms with Crippen molar-refractivity contribution < 1.29 is 28.9 Å². The van der Waals surface area contributed by atoms with Gasteiger partial charge in [-0.15, -0.1) is 0 Å². The fourth-order valence-electron chi connectivity index (χ4n) is 3.12. The predicted octanol–water partition coefficient (Wildman–Crippen LogP) is 4.28. The zero-order valence-electron chi connectivity index (χ0n) is 16.0. The SMILES string of the molecule is CC[C@H](CCCCO[C@H]1CCCCO1)COC(=O)c1ccccc1C(=O)O. The Morgan fingerprint density at radius 1 is 1.22 bits per heavy atom. The first-order chi connectivity index (χ1) is 13.1. The molecular weight excluding hydrogens is 348 g/mol. The minimum absolute atomic E-state index is 0.0300. The average molecular weight is 378 g/mol. The lowest BCUT2D eigenvalue weighted by Crippen LogP contribution is -2.22. The van der Waals surface area contributed by atoms with Crippen LogP contribution < -0.4 is 0 Å². The van der Waals surface area contributed by atoms with E-state index in [-0.39, 0.29) is 23.3 Å². The first kappa shape index (κ1) is 21.4. The van der Waals surface area contributed by atoms with Gasteiger partial charge in [0.15, 0.2) is 6.29 Å². The first-order valence-electron chi connectivity index (χ1n) is 9.84. The van der Waals surface area contributed by atoms with Crippen molar-refractivity contribution in [1.82, 2.24) is 0 Å². The number of carbonyl (C=O) groups is 2. The summed E-state index contributed by atoms with van der Waals surface area (Å²) in [6.07, 6.45) is 7.01. The summed E-state index contributed by atoms with van der Waals surface area (Å²) in [4.78, 5) is 23.4. The highest BCUT2D eigenvalue weighted by Gasteiger charge is 2.18. The van der Waals surface area contributed by atoms with Gasteiger partial charge < -0.3 is 19.3 Å². The molecule has 1 saturated heterocycles. The van der Waals surface area contributed by atoms with E-state index in [1.54, 1.807) is 12.1 Å². The van der Waals surface area contributed by atoms with Gasteiger partial charge in [-0.1, -0.05) is 31.9 Å². The molecule has 1 aromatic carbocycles. The predicted molar refractivity (Wildman–Crippen MR) is 101 cm³/mol. The van der Waals surface area contributed by atoms with Gasteiger partial charge in [-0.05, 0) is 50.2 Å². The Balaban J connectivity index is 1.67. The molecule has 6 nitrogen and oxygen atoms in total. The van der Waals surface area contributed by atoms with Gasteiger partial charge >= 0.3 is 11.9 Å². The number of ether oxygens (including phenoxy) is 3. The summed E-state index contributed by atoms with van der Waals surface area (Å²) in [5.74, 6) is -1.45. The van der Waals surface area contributed by atoms with Crippen LogP contribution >= 0.6 is 0 Å². The third-order valence-corrected chi connectivity index (χ3v) is 4.85. The fraction of sp³-hybridized carbons (Fsp3) is 0.619. The molecule has 2 rings (SSSR count). The van der Waals surface area contributed by atoms with Crippen molar-refractivity contribution in [1.29, 1.82) is 0 Å². The second-order valence-corrected chi connectivity index (χ2v) is 6.89. The van der Waals surface area contributed by atoms with Gasteiger partial charge in [-0.25, -0.2) is 9.59 Å². The van der Waals surface area contributed by atoms with Crippen LogP contribution in [0.4, 0.5) is 0 Å². The van der Waals surface area contributed by atoms with E-state index in [1.807, 2.05) is 0 Å². The van der Waals surface area contributed by atoms with Crippen LogP contribution in [0.15, 0.2) is 24.3 Å². The zero-order valence-corrected chi connectivity index (χ0v) is 16.0. The van der Waals surface area contributed by atoms with E-state index in [0.717, 1.165) is 45.1 Å². The quantitative estimate of drug-likeness (QED) is 0.457. The summed E-state index contributed by atoms with van der Waals surface area (Å²) in [6.45, 7) is 3.85. The van der Waals surface area contributed by atoms with Gasteiger partial charge in [0.1, 0.15) is 0 Å². The molecule has 0 bridgehead atoms. The lowest BCUT2D eigenvalue weighted by atomic mass is 10.0. The first-order valence-corrected chi connectivity index (χ1v) is 9.84. The molecule has 0 saturated carbocycles. The normalized spacial score (nSPS) is 18.0. The Kier molecular flexibility index (Phi) is 9.28. The number of benzene rings is 1. The largest absolute Gasteiger partial charge is 0.478 e. The number of rotatable bonds is 11. The summed E-state index contributed by atoms with van der Waals surface area (Å²) < 4.78 is 16.6. The molecular formula is C21H30O6. The maximum Gasteiger partial charge on any atom is 0.339 e. The highest BCUT2D eigenvalue weighted by Crippen LogP contribution is 2.17. The highest BCUT2D eigenvalue weighted by molar-refractivity contribution is 6.02. The Morgan fingerprint density at radius 3 is 2.67 bits per heavy atom. The molecule has 1 aromatic rings. The maximum atomic E-state index is 12.2. The van der Waals surface area contributed by atoms with Gasteiger partial charge in [0.25, 0.3) is 0 Å². The van der Waals surface area contributed by atoms with Gasteiger partial charge in [-0.2, -0.15) is 0 Å². The summed E-state index contributed by atoms with van der Waals surface area (Å²) in [7, 11) is 0. The van der Waals surface area contributed by atoms with E-state index in [9.17, 15) is 14.7 Å². The molecule has 0 aliphatic carbocycles. The number of unbranched alkanes of at least 4 members (excludes halogenated alkanes) is 1. The molecule has 0 unspecified atom stereocenters. The lowest BCUT2D eigenvalue weighted by molar-refractivity contribution is -0.162. The topological polar surface area (TPSA) is 82.1 Å². The second-order valence-electron chi connectivity index (χ2n) is 6.89. The van der Waals surface area contributed by atoms with Crippen molar-refractivity contribution >= 4 is 11.9 Å². The van der Waals surface area contributed by atoms with Crippen molar-refractivity contribution in [3.05, 3.63) is 35.4 Å². The van der Waals surface area contributed by atoms with Gasteiger partial charge in [-0.3, -0.25) is 0 Å². The summed E-state index contributed by atoms with van der Waals surface area (Å²) in [5, 5.41) is 9.17. The number of hydrogen-bond acceptors (Lipinski definition) is 5. The molecule has 2 atom stereocenters. The van der Waals surface area contributed by atoms with E-state index in [2.05, 4.69) is 6.92 Å². The van der Waals surface area contributed by atoms with E-state index in [1.165, 1.54) is 18.6 Å². The fourth-order valence-corrected chi connectivity index (χ4v) is 3.12. The molecule has 1 N–H and O–H groups in total. The zero-order chi connectivity index (χ0) is 19.5. The standard InChI is InChI=1S/C21H30O6/c1-2-16(9-5-7-13-25-19-12-6-8-14-26-19)15-27-21(24)18-11-4-3-10-17(18)20(22)23/h3-4,10-11,16,19H,2,5-9,12-15H2,1H3,(H,22,23)/t16-,19-/m1/s1. The monoisotopic (exact) mass is 378 g/mol. The molecule has 1 aliphatic heterocycles. The summed E-state index contributed by atoms with van der Waals surface area (Å²) in [5.41, 5.74) is 0.0679. The highest BCUT2D eigenvalue weighted by atomic mass is 16.7. The van der Waals surface area contributed by atoms with Gasteiger partial charge in [0.2, 0.25) is 0 Å². The molecule has 27 heavy (non-hydrogen) atoms. The van der Waals surface area contributed by atoms with Crippen molar-refractivity contribution in [2.45, 2.75) is 58.2 Å². The van der Waals surface area contributed by atoms with Crippen molar-refractivity contribution in [3.63, 3.8) is 0 Å². The third-order valence-electron chi connectivity index (χ3n) is 4.85. The van der Waals surface area contributed by atoms with Crippen molar-refractivity contribution in [2.24, 2.45) is 5.92 Å². The van der Waals surface area contributed by atoms with Crippen molar-refractivity contribution in [2.75, 3.05) is 19.8 Å². The molecule has 1 fully saturated rings. The number of esters is 1. The van der Waals surface area contributed by atoms with E-state index in [4.69, 9.17) is 14.2 Å². The van der Waals surface area contributed by atoms with Crippen molar-refractivity contribution in [3.8, 4) is 0 Å². The number of aromatic carboxylic acids is 1. The minimum atomic E-state index is -1.13.